The van der Waals surface area contributed by atoms with Crippen LogP contribution in [0.25, 0.3) is 0 Å². The number of hydrogen-bond donors (Lipinski definition) is 1. The van der Waals surface area contributed by atoms with Crippen molar-refractivity contribution < 1.29 is 14.7 Å². The number of carboxylic acids is 1. The van der Waals surface area contributed by atoms with Crippen LogP contribution in [-0.4, -0.2) is 33.5 Å². The molecule has 1 N–H and O–H groups in total. The Bertz CT molecular complexity index is 637. The molecule has 0 aliphatic rings. The summed E-state index contributed by atoms with van der Waals surface area (Å²) >= 11 is 1.39. The molecule has 0 saturated heterocycles. The van der Waals surface area contributed by atoms with Gasteiger partial charge in [0.25, 0.3) is 5.91 Å². The molecule has 20 heavy (non-hydrogen) atoms. The average Bonchev–Trinajstić information content (AvgIpc) is 2.86. The number of anilines is 1. The summed E-state index contributed by atoms with van der Waals surface area (Å²) in [6, 6.07) is 2.78. The molecule has 1 amide bonds. The Kier molecular flexibility index (Phi) is 4.09. The largest absolute Gasteiger partial charge is 0.477 e. The van der Waals surface area contributed by atoms with Gasteiger partial charge in [-0.1, -0.05) is 0 Å². The SMILES string of the molecule is CCN(C(=O)c1ccc(C(=O)O)nc1)c1nc(C)cs1. The first-order valence-electron chi connectivity index (χ1n) is 5.96. The van der Waals surface area contributed by atoms with Gasteiger partial charge in [-0.15, -0.1) is 11.3 Å². The van der Waals surface area contributed by atoms with E-state index >= 15 is 0 Å². The fourth-order valence-electron chi connectivity index (χ4n) is 1.63. The predicted octanol–water partition coefficient (Wildman–Crippen LogP) is 2.21. The van der Waals surface area contributed by atoms with Crippen LogP contribution < -0.4 is 4.90 Å². The summed E-state index contributed by atoms with van der Waals surface area (Å²) in [7, 11) is 0. The molecule has 2 rings (SSSR count). The topological polar surface area (TPSA) is 83.4 Å². The highest BCUT2D eigenvalue weighted by Gasteiger charge is 2.19. The molecular formula is C13H13N3O3S. The van der Waals surface area contributed by atoms with Crippen LogP contribution >= 0.6 is 11.3 Å². The Balaban J connectivity index is 2.26. The second-order valence-corrected chi connectivity index (χ2v) is 4.89. The van der Waals surface area contributed by atoms with Crippen molar-refractivity contribution in [2.45, 2.75) is 13.8 Å². The summed E-state index contributed by atoms with van der Waals surface area (Å²) in [5.41, 5.74) is 1.11. The van der Waals surface area contributed by atoms with E-state index in [1.165, 1.54) is 34.6 Å². The summed E-state index contributed by atoms with van der Waals surface area (Å²) in [6.07, 6.45) is 1.27. The van der Waals surface area contributed by atoms with Crippen LogP contribution in [0.5, 0.6) is 0 Å². The standard InChI is InChI=1S/C13H13N3O3S/c1-3-16(13-15-8(2)7-20-13)11(17)9-4-5-10(12(18)19)14-6-9/h4-7H,3H2,1-2H3,(H,18,19). The lowest BCUT2D eigenvalue weighted by molar-refractivity contribution is 0.0690. The first kappa shape index (κ1) is 14.1. The molecule has 0 spiro atoms. The van der Waals surface area contributed by atoms with Gasteiger partial charge >= 0.3 is 5.97 Å². The molecule has 0 fully saturated rings. The zero-order chi connectivity index (χ0) is 14.7. The molecule has 0 atom stereocenters. The van der Waals surface area contributed by atoms with Crippen LogP contribution in [0.3, 0.4) is 0 Å². The maximum absolute atomic E-state index is 12.4. The molecule has 0 unspecified atom stereocenters. The van der Waals surface area contributed by atoms with Crippen LogP contribution in [0.2, 0.25) is 0 Å². The van der Waals surface area contributed by atoms with E-state index in [1.54, 1.807) is 0 Å². The quantitative estimate of drug-likeness (QED) is 0.933. The molecule has 104 valence electrons. The van der Waals surface area contributed by atoms with Gasteiger partial charge in [0.15, 0.2) is 5.13 Å². The van der Waals surface area contributed by atoms with Crippen molar-refractivity contribution >= 4 is 28.3 Å². The smallest absolute Gasteiger partial charge is 0.354 e. The van der Waals surface area contributed by atoms with Gasteiger partial charge in [0.05, 0.1) is 11.3 Å². The predicted molar refractivity (Wildman–Crippen MR) is 75.4 cm³/mol. The average molecular weight is 291 g/mol. The number of amides is 1. The van der Waals surface area contributed by atoms with Crippen LogP contribution in [0.1, 0.15) is 33.5 Å². The van der Waals surface area contributed by atoms with E-state index in [4.69, 9.17) is 5.11 Å². The Morgan fingerprint density at radius 2 is 2.15 bits per heavy atom. The van der Waals surface area contributed by atoms with Crippen LogP contribution in [0.15, 0.2) is 23.7 Å². The number of carbonyl (C=O) groups is 2. The number of thiazole rings is 1. The minimum Gasteiger partial charge on any atom is -0.477 e. The highest BCUT2D eigenvalue weighted by Crippen LogP contribution is 2.21. The second-order valence-electron chi connectivity index (χ2n) is 4.06. The van der Waals surface area contributed by atoms with Crippen LogP contribution in [0, 0.1) is 6.92 Å². The summed E-state index contributed by atoms with van der Waals surface area (Å²) in [4.78, 5) is 32.7. The van der Waals surface area contributed by atoms with E-state index in [2.05, 4.69) is 9.97 Å². The number of aromatic carboxylic acids is 1. The van der Waals surface area contributed by atoms with E-state index in [9.17, 15) is 9.59 Å². The molecule has 0 aliphatic carbocycles. The van der Waals surface area contributed by atoms with Gasteiger partial charge in [-0.25, -0.2) is 14.8 Å². The van der Waals surface area contributed by atoms with E-state index < -0.39 is 5.97 Å². The van der Waals surface area contributed by atoms with E-state index in [0.717, 1.165) is 5.69 Å². The molecule has 0 radical (unpaired) electrons. The zero-order valence-corrected chi connectivity index (χ0v) is 11.8. The Hall–Kier alpha value is -2.28. The minimum absolute atomic E-state index is 0.0882. The van der Waals surface area contributed by atoms with Gasteiger partial charge in [-0.3, -0.25) is 9.69 Å². The van der Waals surface area contributed by atoms with Crippen molar-refractivity contribution in [3.8, 4) is 0 Å². The Labute approximate surface area is 119 Å². The number of nitrogens with zero attached hydrogens (tertiary/aromatic N) is 3. The van der Waals surface area contributed by atoms with E-state index in [-0.39, 0.29) is 11.6 Å². The summed E-state index contributed by atoms with van der Waals surface area (Å²) in [6.45, 7) is 4.20. The first-order chi connectivity index (χ1) is 9.52. The maximum atomic E-state index is 12.4. The molecule has 2 aromatic rings. The van der Waals surface area contributed by atoms with Gasteiger partial charge < -0.3 is 5.11 Å². The second kappa shape index (κ2) is 5.79. The van der Waals surface area contributed by atoms with Crippen molar-refractivity contribution in [3.63, 3.8) is 0 Å². The van der Waals surface area contributed by atoms with Gasteiger partial charge in [-0.2, -0.15) is 0 Å². The van der Waals surface area contributed by atoms with Crippen molar-refractivity contribution in [3.05, 3.63) is 40.7 Å². The van der Waals surface area contributed by atoms with Gasteiger partial charge in [-0.05, 0) is 26.0 Å². The molecule has 0 aromatic carbocycles. The van der Waals surface area contributed by atoms with E-state index in [0.29, 0.717) is 17.2 Å². The highest BCUT2D eigenvalue weighted by molar-refractivity contribution is 7.14. The summed E-state index contributed by atoms with van der Waals surface area (Å²) < 4.78 is 0. The number of aromatic nitrogens is 2. The lowest BCUT2D eigenvalue weighted by Crippen LogP contribution is -2.30. The van der Waals surface area contributed by atoms with Crippen molar-refractivity contribution in [2.75, 3.05) is 11.4 Å². The van der Waals surface area contributed by atoms with Crippen molar-refractivity contribution in [1.29, 1.82) is 0 Å². The normalized spacial score (nSPS) is 10.3. The zero-order valence-electron chi connectivity index (χ0n) is 11.0. The Morgan fingerprint density at radius 1 is 1.40 bits per heavy atom. The Morgan fingerprint density at radius 3 is 2.60 bits per heavy atom. The summed E-state index contributed by atoms with van der Waals surface area (Å²) in [5, 5.41) is 11.3. The summed E-state index contributed by atoms with van der Waals surface area (Å²) in [5.74, 6) is -1.36. The molecule has 0 saturated carbocycles. The number of rotatable bonds is 4. The number of pyridine rings is 1. The van der Waals surface area contributed by atoms with Gasteiger partial charge in [0.2, 0.25) is 0 Å². The molecular weight excluding hydrogens is 278 g/mol. The van der Waals surface area contributed by atoms with E-state index in [1.807, 2.05) is 19.2 Å². The number of carbonyl (C=O) groups excluding carboxylic acids is 1. The molecule has 2 aromatic heterocycles. The molecule has 7 heteroatoms. The van der Waals surface area contributed by atoms with Gasteiger partial charge in [0, 0.05) is 18.1 Å². The van der Waals surface area contributed by atoms with Crippen LogP contribution in [-0.2, 0) is 0 Å². The monoisotopic (exact) mass is 291 g/mol. The number of hydrogen-bond acceptors (Lipinski definition) is 5. The fraction of sp³-hybridized carbons (Fsp3) is 0.231. The van der Waals surface area contributed by atoms with Crippen LogP contribution in [0.4, 0.5) is 5.13 Å². The number of aryl methyl sites for hydroxylation is 1. The van der Waals surface area contributed by atoms with Gasteiger partial charge in [0.1, 0.15) is 5.69 Å². The maximum Gasteiger partial charge on any atom is 0.354 e. The first-order valence-corrected chi connectivity index (χ1v) is 6.84. The fourth-order valence-corrected chi connectivity index (χ4v) is 2.50. The third-order valence-corrected chi connectivity index (χ3v) is 3.61. The van der Waals surface area contributed by atoms with Crippen molar-refractivity contribution in [1.82, 2.24) is 9.97 Å². The number of carboxylic acid groups (broad SMARTS) is 1. The minimum atomic E-state index is -1.12. The molecule has 0 bridgehead atoms. The molecule has 2 heterocycles. The lowest BCUT2D eigenvalue weighted by Gasteiger charge is -2.17. The third-order valence-electron chi connectivity index (χ3n) is 2.63. The highest BCUT2D eigenvalue weighted by atomic mass is 32.1. The third kappa shape index (κ3) is 2.83. The molecule has 0 aliphatic heterocycles. The lowest BCUT2D eigenvalue weighted by atomic mass is 10.2. The molecule has 6 nitrogen and oxygen atoms in total. The van der Waals surface area contributed by atoms with Crippen molar-refractivity contribution in [2.24, 2.45) is 0 Å².